The maximum Gasteiger partial charge on any atom is 0.255 e. The Hall–Kier alpha value is -2.50. The summed E-state index contributed by atoms with van der Waals surface area (Å²) in [7, 11) is 0. The molecule has 0 saturated carbocycles. The molecule has 17 heavy (non-hydrogen) atoms. The van der Waals surface area contributed by atoms with Crippen molar-refractivity contribution in [1.29, 1.82) is 0 Å². The number of nitrogens with zero attached hydrogens (tertiary/aromatic N) is 1. The van der Waals surface area contributed by atoms with E-state index in [1.807, 2.05) is 0 Å². The van der Waals surface area contributed by atoms with Gasteiger partial charge in [-0.15, -0.1) is 0 Å². The molecule has 0 aliphatic carbocycles. The smallest absolute Gasteiger partial charge is 0.255 e. The van der Waals surface area contributed by atoms with Gasteiger partial charge in [0.15, 0.2) is 11.5 Å². The third-order valence-electron chi connectivity index (χ3n) is 2.25. The van der Waals surface area contributed by atoms with Crippen molar-refractivity contribution in [3.63, 3.8) is 0 Å². The predicted molar refractivity (Wildman–Crippen MR) is 59.5 cm³/mol. The largest absolute Gasteiger partial charge is 0.504 e. The molecule has 6 heteroatoms. The normalized spacial score (nSPS) is 10.1. The standard InChI is InChI=1S/C11H11N3O3/c15-9-3-1-2-8(10(9)16)11(17)13-5-7-4-12-6-14-7/h1-4,6,15-16H,5H2,(H,12,14)(H,13,17). The summed E-state index contributed by atoms with van der Waals surface area (Å²) >= 11 is 0. The van der Waals surface area contributed by atoms with E-state index in [0.717, 1.165) is 5.69 Å². The van der Waals surface area contributed by atoms with Crippen LogP contribution in [0.2, 0.25) is 0 Å². The van der Waals surface area contributed by atoms with Crippen molar-refractivity contribution in [1.82, 2.24) is 15.3 Å². The van der Waals surface area contributed by atoms with Crippen molar-refractivity contribution in [2.75, 3.05) is 0 Å². The lowest BCUT2D eigenvalue weighted by molar-refractivity contribution is 0.0947. The summed E-state index contributed by atoms with van der Waals surface area (Å²) in [5, 5.41) is 21.3. The molecule has 0 bridgehead atoms. The third-order valence-corrected chi connectivity index (χ3v) is 2.25. The number of carbonyl (C=O) groups excluding carboxylic acids is 1. The average molecular weight is 233 g/mol. The quantitative estimate of drug-likeness (QED) is 0.588. The highest BCUT2D eigenvalue weighted by molar-refractivity contribution is 5.97. The Balaban J connectivity index is 2.07. The van der Waals surface area contributed by atoms with E-state index in [4.69, 9.17) is 0 Å². The summed E-state index contributed by atoms with van der Waals surface area (Å²) < 4.78 is 0. The van der Waals surface area contributed by atoms with Crippen LogP contribution in [-0.2, 0) is 6.54 Å². The Morgan fingerprint density at radius 2 is 2.24 bits per heavy atom. The molecular weight excluding hydrogens is 222 g/mol. The van der Waals surface area contributed by atoms with Gasteiger partial charge in [0.05, 0.1) is 24.1 Å². The molecule has 1 aromatic carbocycles. The zero-order valence-corrected chi connectivity index (χ0v) is 8.84. The van der Waals surface area contributed by atoms with Crippen LogP contribution < -0.4 is 5.32 Å². The van der Waals surface area contributed by atoms with Crippen molar-refractivity contribution in [2.45, 2.75) is 6.54 Å². The second kappa shape index (κ2) is 4.56. The molecule has 1 amide bonds. The number of imidazole rings is 1. The summed E-state index contributed by atoms with van der Waals surface area (Å²) in [5.41, 5.74) is 0.780. The Labute approximate surface area is 96.9 Å². The van der Waals surface area contributed by atoms with Crippen LogP contribution in [-0.4, -0.2) is 26.1 Å². The topological polar surface area (TPSA) is 98.2 Å². The number of phenolic OH excluding ortho intramolecular Hbond substituents is 2. The third kappa shape index (κ3) is 2.36. The number of hydrogen-bond donors (Lipinski definition) is 4. The van der Waals surface area contributed by atoms with E-state index >= 15 is 0 Å². The van der Waals surface area contributed by atoms with E-state index in [2.05, 4.69) is 15.3 Å². The van der Waals surface area contributed by atoms with Gasteiger partial charge in [0.1, 0.15) is 0 Å². The lowest BCUT2D eigenvalue weighted by Crippen LogP contribution is -2.23. The maximum absolute atomic E-state index is 11.7. The first-order valence-electron chi connectivity index (χ1n) is 4.95. The van der Waals surface area contributed by atoms with Crippen LogP contribution in [0.25, 0.3) is 0 Å². The summed E-state index contributed by atoms with van der Waals surface area (Å²) in [6.07, 6.45) is 3.09. The first kappa shape index (κ1) is 11.0. The molecule has 0 aliphatic heterocycles. The first-order chi connectivity index (χ1) is 8.18. The fourth-order valence-electron chi connectivity index (χ4n) is 1.37. The number of aromatic hydroxyl groups is 2. The van der Waals surface area contributed by atoms with Crippen LogP contribution in [0.5, 0.6) is 11.5 Å². The highest BCUT2D eigenvalue weighted by Gasteiger charge is 2.13. The molecule has 0 unspecified atom stereocenters. The van der Waals surface area contributed by atoms with Gasteiger partial charge in [-0.25, -0.2) is 4.98 Å². The van der Waals surface area contributed by atoms with Gasteiger partial charge in [0.25, 0.3) is 5.91 Å². The van der Waals surface area contributed by atoms with Crippen LogP contribution >= 0.6 is 0 Å². The number of aromatic amines is 1. The second-order valence-electron chi connectivity index (χ2n) is 3.43. The molecule has 0 atom stereocenters. The average Bonchev–Trinajstić information content (AvgIpc) is 2.82. The molecule has 2 rings (SSSR count). The van der Waals surface area contributed by atoms with Crippen molar-refractivity contribution in [3.8, 4) is 11.5 Å². The number of amides is 1. The number of benzene rings is 1. The van der Waals surface area contributed by atoms with Crippen LogP contribution in [0.15, 0.2) is 30.7 Å². The van der Waals surface area contributed by atoms with E-state index in [1.54, 1.807) is 6.20 Å². The molecule has 1 aromatic heterocycles. The lowest BCUT2D eigenvalue weighted by atomic mass is 10.1. The molecule has 0 aliphatic rings. The van der Waals surface area contributed by atoms with Gasteiger partial charge in [-0.1, -0.05) is 6.07 Å². The van der Waals surface area contributed by atoms with Gasteiger partial charge in [0, 0.05) is 6.20 Å². The molecule has 4 N–H and O–H groups in total. The van der Waals surface area contributed by atoms with Gasteiger partial charge in [-0.2, -0.15) is 0 Å². The van der Waals surface area contributed by atoms with Crippen molar-refractivity contribution in [2.24, 2.45) is 0 Å². The Bertz CT molecular complexity index is 523. The predicted octanol–water partition coefficient (Wildman–Crippen LogP) is 0.751. The van der Waals surface area contributed by atoms with E-state index < -0.39 is 11.7 Å². The SMILES string of the molecule is O=C(NCc1cnc[nH]1)c1cccc(O)c1O. The highest BCUT2D eigenvalue weighted by atomic mass is 16.3. The molecule has 0 spiro atoms. The summed E-state index contributed by atoms with van der Waals surface area (Å²) in [4.78, 5) is 18.3. The summed E-state index contributed by atoms with van der Waals surface area (Å²) in [6, 6.07) is 4.22. The summed E-state index contributed by atoms with van der Waals surface area (Å²) in [5.74, 6) is -1.21. The van der Waals surface area contributed by atoms with Crippen LogP contribution in [0.1, 0.15) is 16.1 Å². The second-order valence-corrected chi connectivity index (χ2v) is 3.43. The number of H-pyrrole nitrogens is 1. The van der Waals surface area contributed by atoms with Gasteiger partial charge >= 0.3 is 0 Å². The number of hydrogen-bond acceptors (Lipinski definition) is 4. The van der Waals surface area contributed by atoms with Crippen LogP contribution in [0, 0.1) is 0 Å². The zero-order valence-electron chi connectivity index (χ0n) is 8.84. The number of nitrogens with one attached hydrogen (secondary N) is 2. The van der Waals surface area contributed by atoms with E-state index in [-0.39, 0.29) is 17.9 Å². The van der Waals surface area contributed by atoms with Gasteiger partial charge in [-0.3, -0.25) is 4.79 Å². The monoisotopic (exact) mass is 233 g/mol. The molecule has 0 saturated heterocycles. The van der Waals surface area contributed by atoms with E-state index in [9.17, 15) is 15.0 Å². The molecule has 2 aromatic rings. The Morgan fingerprint density at radius 1 is 1.41 bits per heavy atom. The number of phenols is 2. The van der Waals surface area contributed by atoms with Crippen molar-refractivity contribution < 1.29 is 15.0 Å². The Morgan fingerprint density at radius 3 is 2.94 bits per heavy atom. The van der Waals surface area contributed by atoms with Gasteiger partial charge in [0.2, 0.25) is 0 Å². The van der Waals surface area contributed by atoms with Crippen molar-refractivity contribution in [3.05, 3.63) is 42.0 Å². The number of para-hydroxylation sites is 1. The van der Waals surface area contributed by atoms with Crippen molar-refractivity contribution >= 4 is 5.91 Å². The zero-order chi connectivity index (χ0) is 12.3. The minimum Gasteiger partial charge on any atom is -0.504 e. The fourth-order valence-corrected chi connectivity index (χ4v) is 1.37. The minimum absolute atomic E-state index is 0.0320. The van der Waals surface area contributed by atoms with Crippen LogP contribution in [0.3, 0.4) is 0 Å². The molecule has 88 valence electrons. The van der Waals surface area contributed by atoms with E-state index in [0.29, 0.717) is 0 Å². The number of rotatable bonds is 3. The molecule has 0 radical (unpaired) electrons. The first-order valence-corrected chi connectivity index (χ1v) is 4.95. The van der Waals surface area contributed by atoms with Gasteiger partial charge in [-0.05, 0) is 12.1 Å². The lowest BCUT2D eigenvalue weighted by Gasteiger charge is -2.06. The maximum atomic E-state index is 11.7. The molecule has 1 heterocycles. The fraction of sp³-hybridized carbons (Fsp3) is 0.0909. The van der Waals surface area contributed by atoms with Gasteiger partial charge < -0.3 is 20.5 Å². The molecule has 6 nitrogen and oxygen atoms in total. The molecule has 0 fully saturated rings. The number of aromatic nitrogens is 2. The minimum atomic E-state index is -0.465. The number of carbonyl (C=O) groups is 1. The van der Waals surface area contributed by atoms with E-state index in [1.165, 1.54) is 24.5 Å². The highest BCUT2D eigenvalue weighted by Crippen LogP contribution is 2.27. The Kier molecular flexibility index (Phi) is 2.95. The molecular formula is C11H11N3O3. The van der Waals surface area contributed by atoms with Crippen LogP contribution in [0.4, 0.5) is 0 Å². The summed E-state index contributed by atoms with van der Waals surface area (Å²) in [6.45, 7) is 0.272.